The van der Waals surface area contributed by atoms with Crippen molar-refractivity contribution in [2.24, 2.45) is 5.41 Å². The smallest absolute Gasteiger partial charge is 0.213 e. The fraction of sp³-hybridized carbons (Fsp3) is 0.667. The van der Waals surface area contributed by atoms with Crippen molar-refractivity contribution in [3.8, 4) is 5.88 Å². The molecule has 19 heavy (non-hydrogen) atoms. The van der Waals surface area contributed by atoms with E-state index in [1.807, 2.05) is 12.1 Å². The summed E-state index contributed by atoms with van der Waals surface area (Å²) in [6.07, 6.45) is 0. The molecule has 1 fully saturated rings. The second kappa shape index (κ2) is 5.88. The number of hydrogen-bond acceptors (Lipinski definition) is 4. The minimum Gasteiger partial charge on any atom is -0.481 e. The summed E-state index contributed by atoms with van der Waals surface area (Å²) in [5.41, 5.74) is 1.35. The first-order valence-electron chi connectivity index (χ1n) is 6.95. The molecule has 2 rings (SSSR count). The van der Waals surface area contributed by atoms with Gasteiger partial charge in [-0.15, -0.1) is 0 Å². The third-order valence-electron chi connectivity index (χ3n) is 3.71. The maximum absolute atomic E-state index is 5.20. The first-order chi connectivity index (χ1) is 9.00. The van der Waals surface area contributed by atoms with Crippen molar-refractivity contribution in [1.29, 1.82) is 0 Å². The molecule has 4 nitrogen and oxygen atoms in total. The van der Waals surface area contributed by atoms with Gasteiger partial charge in [0.1, 0.15) is 0 Å². The summed E-state index contributed by atoms with van der Waals surface area (Å²) < 4.78 is 5.20. The Labute approximate surface area is 116 Å². The molecular weight excluding hydrogens is 238 g/mol. The lowest BCUT2D eigenvalue weighted by molar-refractivity contribution is 0.0677. The van der Waals surface area contributed by atoms with Crippen LogP contribution in [-0.4, -0.2) is 42.7 Å². The van der Waals surface area contributed by atoms with Gasteiger partial charge in [0.15, 0.2) is 0 Å². The van der Waals surface area contributed by atoms with E-state index >= 15 is 0 Å². The lowest BCUT2D eigenvalue weighted by atomic mass is 9.84. The van der Waals surface area contributed by atoms with Crippen LogP contribution in [-0.2, 0) is 6.54 Å². The molecule has 0 bridgehead atoms. The highest BCUT2D eigenvalue weighted by Crippen LogP contribution is 2.26. The first-order valence-corrected chi connectivity index (χ1v) is 6.95. The van der Waals surface area contributed by atoms with E-state index in [1.165, 1.54) is 0 Å². The maximum atomic E-state index is 5.20. The van der Waals surface area contributed by atoms with Gasteiger partial charge in [-0.3, -0.25) is 4.90 Å². The van der Waals surface area contributed by atoms with Crippen LogP contribution >= 0.6 is 0 Å². The molecule has 106 valence electrons. The summed E-state index contributed by atoms with van der Waals surface area (Å²) in [6.45, 7) is 11.0. The third kappa shape index (κ3) is 3.67. The Hall–Kier alpha value is -1.13. The summed E-state index contributed by atoms with van der Waals surface area (Å²) in [4.78, 5) is 7.04. The highest BCUT2D eigenvalue weighted by atomic mass is 16.5. The quantitative estimate of drug-likeness (QED) is 0.904. The Bertz CT molecular complexity index is 414. The topological polar surface area (TPSA) is 37.4 Å². The molecule has 0 aromatic carbocycles. The zero-order chi connectivity index (χ0) is 13.9. The number of pyridine rings is 1. The van der Waals surface area contributed by atoms with Gasteiger partial charge < -0.3 is 10.1 Å². The van der Waals surface area contributed by atoms with Crippen molar-refractivity contribution < 1.29 is 4.74 Å². The SMILES string of the molecule is COc1cccc(CN2CCNCC2C(C)(C)C)n1. The van der Waals surface area contributed by atoms with Crippen molar-refractivity contribution in [3.63, 3.8) is 0 Å². The second-order valence-corrected chi connectivity index (χ2v) is 6.23. The Morgan fingerprint density at radius 1 is 1.42 bits per heavy atom. The van der Waals surface area contributed by atoms with Crippen LogP contribution in [0.3, 0.4) is 0 Å². The number of methoxy groups -OCH3 is 1. The van der Waals surface area contributed by atoms with Crippen LogP contribution < -0.4 is 10.1 Å². The largest absolute Gasteiger partial charge is 0.481 e. The number of ether oxygens (including phenoxy) is 1. The fourth-order valence-electron chi connectivity index (χ4n) is 2.66. The predicted molar refractivity (Wildman–Crippen MR) is 77.3 cm³/mol. The predicted octanol–water partition coefficient (Wildman–Crippen LogP) is 1.91. The number of nitrogens with zero attached hydrogens (tertiary/aromatic N) is 2. The summed E-state index contributed by atoms with van der Waals surface area (Å²) >= 11 is 0. The number of nitrogens with one attached hydrogen (secondary N) is 1. The lowest BCUT2D eigenvalue weighted by Crippen LogP contribution is -2.56. The van der Waals surface area contributed by atoms with Crippen molar-refractivity contribution in [2.45, 2.75) is 33.4 Å². The van der Waals surface area contributed by atoms with Crippen LogP contribution in [0.1, 0.15) is 26.5 Å². The minimum atomic E-state index is 0.270. The van der Waals surface area contributed by atoms with Crippen molar-refractivity contribution in [2.75, 3.05) is 26.7 Å². The molecule has 1 aromatic rings. The molecule has 1 aliphatic rings. The number of aromatic nitrogens is 1. The minimum absolute atomic E-state index is 0.270. The first kappa shape index (κ1) is 14.3. The Kier molecular flexibility index (Phi) is 4.42. The second-order valence-electron chi connectivity index (χ2n) is 6.23. The van der Waals surface area contributed by atoms with Crippen molar-refractivity contribution in [1.82, 2.24) is 15.2 Å². The molecule has 1 atom stereocenters. The normalized spacial score (nSPS) is 21.4. The molecule has 0 saturated carbocycles. The Morgan fingerprint density at radius 2 is 2.21 bits per heavy atom. The standard InChI is InChI=1S/C15H25N3O/c1-15(2,3)13-10-16-8-9-18(13)11-12-6-5-7-14(17-12)19-4/h5-7,13,16H,8-11H2,1-4H3. The molecule has 1 unspecified atom stereocenters. The molecule has 0 aliphatic carbocycles. The molecular formula is C15H25N3O. The van der Waals surface area contributed by atoms with E-state index in [-0.39, 0.29) is 5.41 Å². The van der Waals surface area contributed by atoms with Gasteiger partial charge in [-0.2, -0.15) is 0 Å². The molecule has 0 radical (unpaired) electrons. The van der Waals surface area contributed by atoms with Crippen LogP contribution in [0.5, 0.6) is 5.88 Å². The van der Waals surface area contributed by atoms with Crippen LogP contribution in [0.2, 0.25) is 0 Å². The number of rotatable bonds is 3. The van der Waals surface area contributed by atoms with Crippen LogP contribution in [0.25, 0.3) is 0 Å². The van der Waals surface area contributed by atoms with Crippen LogP contribution in [0, 0.1) is 5.41 Å². The zero-order valence-corrected chi connectivity index (χ0v) is 12.4. The van der Waals surface area contributed by atoms with Crippen molar-refractivity contribution in [3.05, 3.63) is 23.9 Å². The molecule has 4 heteroatoms. The van der Waals surface area contributed by atoms with Gasteiger partial charge in [0.2, 0.25) is 5.88 Å². The highest BCUT2D eigenvalue weighted by Gasteiger charge is 2.32. The highest BCUT2D eigenvalue weighted by molar-refractivity contribution is 5.15. The fourth-order valence-corrected chi connectivity index (χ4v) is 2.66. The van der Waals surface area contributed by atoms with E-state index in [1.54, 1.807) is 7.11 Å². The van der Waals surface area contributed by atoms with Gasteiger partial charge >= 0.3 is 0 Å². The zero-order valence-electron chi connectivity index (χ0n) is 12.4. The van der Waals surface area contributed by atoms with E-state index in [2.05, 4.69) is 42.0 Å². The Balaban J connectivity index is 2.10. The molecule has 1 aliphatic heterocycles. The summed E-state index contributed by atoms with van der Waals surface area (Å²) in [6, 6.07) is 6.51. The molecule has 1 saturated heterocycles. The Morgan fingerprint density at radius 3 is 2.89 bits per heavy atom. The number of piperazine rings is 1. The summed E-state index contributed by atoms with van der Waals surface area (Å²) in [5.74, 6) is 0.694. The van der Waals surface area contributed by atoms with E-state index in [0.717, 1.165) is 31.9 Å². The van der Waals surface area contributed by atoms with Gasteiger partial charge in [-0.25, -0.2) is 4.98 Å². The number of hydrogen-bond donors (Lipinski definition) is 1. The monoisotopic (exact) mass is 263 g/mol. The van der Waals surface area contributed by atoms with E-state index < -0.39 is 0 Å². The lowest BCUT2D eigenvalue weighted by Gasteiger charge is -2.43. The third-order valence-corrected chi connectivity index (χ3v) is 3.71. The van der Waals surface area contributed by atoms with Crippen LogP contribution in [0.15, 0.2) is 18.2 Å². The summed E-state index contributed by atoms with van der Waals surface area (Å²) in [7, 11) is 1.66. The molecule has 0 spiro atoms. The van der Waals surface area contributed by atoms with E-state index in [4.69, 9.17) is 4.74 Å². The van der Waals surface area contributed by atoms with Crippen molar-refractivity contribution >= 4 is 0 Å². The average Bonchev–Trinajstić information content (AvgIpc) is 2.38. The maximum Gasteiger partial charge on any atom is 0.213 e. The molecule has 1 aromatic heterocycles. The molecule has 1 N–H and O–H groups in total. The molecule has 2 heterocycles. The van der Waals surface area contributed by atoms with E-state index in [9.17, 15) is 0 Å². The molecule has 0 amide bonds. The van der Waals surface area contributed by atoms with Crippen LogP contribution in [0.4, 0.5) is 0 Å². The average molecular weight is 263 g/mol. The summed E-state index contributed by atoms with van der Waals surface area (Å²) in [5, 5.41) is 3.49. The van der Waals surface area contributed by atoms with E-state index in [0.29, 0.717) is 11.9 Å². The van der Waals surface area contributed by atoms with Gasteiger partial charge in [0, 0.05) is 38.3 Å². The van der Waals surface area contributed by atoms with Gasteiger partial charge in [0.25, 0.3) is 0 Å². The van der Waals surface area contributed by atoms with Gasteiger partial charge in [0.05, 0.1) is 12.8 Å². The van der Waals surface area contributed by atoms with Gasteiger partial charge in [-0.05, 0) is 11.5 Å². The van der Waals surface area contributed by atoms with Gasteiger partial charge in [-0.1, -0.05) is 26.8 Å².